The Morgan fingerprint density at radius 1 is 0.222 bits per heavy atom. The van der Waals surface area contributed by atoms with Crippen LogP contribution in [0.1, 0.15) is 0 Å². The van der Waals surface area contributed by atoms with E-state index in [1.54, 1.807) is 0 Å². The number of hydrogen-bond acceptors (Lipinski definition) is 4. The fraction of sp³-hybridized carbons (Fsp3) is 0. The van der Waals surface area contributed by atoms with Crippen LogP contribution in [0.2, 0.25) is 0 Å². The highest BCUT2D eigenvalue weighted by molar-refractivity contribution is 7.25. The van der Waals surface area contributed by atoms with Crippen LogP contribution in [-0.2, 0) is 0 Å². The number of rotatable bonds is 11. The molecule has 0 fully saturated rings. The van der Waals surface area contributed by atoms with Gasteiger partial charge in [-0.25, -0.2) is 0 Å². The van der Waals surface area contributed by atoms with Gasteiger partial charge in [-0.2, -0.15) is 0 Å². The summed E-state index contributed by atoms with van der Waals surface area (Å²) in [5, 5.41) is 7.44. The van der Waals surface area contributed by atoms with Gasteiger partial charge in [-0.1, -0.05) is 176 Å². The third-order valence-electron chi connectivity index (χ3n) is 13.7. The molecular formula is C68H46N2S2. The molecule has 0 spiro atoms. The molecule has 13 aromatic rings. The molecule has 2 nitrogen and oxygen atoms in total. The van der Waals surface area contributed by atoms with E-state index >= 15 is 0 Å². The van der Waals surface area contributed by atoms with Crippen molar-refractivity contribution < 1.29 is 0 Å². The highest BCUT2D eigenvalue weighted by atomic mass is 32.1. The van der Waals surface area contributed by atoms with Crippen LogP contribution in [-0.4, -0.2) is 0 Å². The number of thiophene rings is 2. The monoisotopic (exact) mass is 954 g/mol. The third kappa shape index (κ3) is 8.03. The summed E-state index contributed by atoms with van der Waals surface area (Å²) in [6.07, 6.45) is 0. The number of hydrogen-bond donors (Lipinski definition) is 0. The Morgan fingerprint density at radius 3 is 1.10 bits per heavy atom. The molecule has 0 aliphatic heterocycles. The van der Waals surface area contributed by atoms with Crippen molar-refractivity contribution in [3.63, 3.8) is 0 Å². The number of fused-ring (bicyclic) bond motifs is 3. The Morgan fingerprint density at radius 2 is 0.583 bits per heavy atom. The van der Waals surface area contributed by atoms with Gasteiger partial charge < -0.3 is 9.80 Å². The zero-order valence-electron chi connectivity index (χ0n) is 39.3. The molecule has 2 aromatic heterocycles. The minimum absolute atomic E-state index is 1.10. The molecule has 2 heterocycles. The van der Waals surface area contributed by atoms with Gasteiger partial charge in [0.15, 0.2) is 0 Å². The van der Waals surface area contributed by atoms with Crippen LogP contribution in [0, 0.1) is 0 Å². The Balaban J connectivity index is 0.954. The first-order chi connectivity index (χ1) is 35.7. The van der Waals surface area contributed by atoms with Crippen molar-refractivity contribution in [2.75, 3.05) is 9.80 Å². The van der Waals surface area contributed by atoms with Gasteiger partial charge >= 0.3 is 0 Å². The summed E-state index contributed by atoms with van der Waals surface area (Å²) in [5.74, 6) is 0. The molecule has 11 aromatic carbocycles. The maximum atomic E-state index is 2.45. The molecule has 0 unspecified atom stereocenters. The zero-order valence-corrected chi connectivity index (χ0v) is 40.9. The number of anilines is 6. The van der Waals surface area contributed by atoms with E-state index in [2.05, 4.69) is 289 Å². The molecular weight excluding hydrogens is 909 g/mol. The molecule has 72 heavy (non-hydrogen) atoms. The molecule has 13 rings (SSSR count). The summed E-state index contributed by atoms with van der Waals surface area (Å²) >= 11 is 3.74. The molecule has 0 bridgehead atoms. The van der Waals surface area contributed by atoms with E-state index in [4.69, 9.17) is 0 Å². The second-order valence-corrected chi connectivity index (χ2v) is 20.2. The summed E-state index contributed by atoms with van der Waals surface area (Å²) in [6, 6.07) is 101. The van der Waals surface area contributed by atoms with Crippen LogP contribution < -0.4 is 9.80 Å². The molecule has 0 saturated carbocycles. The summed E-state index contributed by atoms with van der Waals surface area (Å²) in [6.45, 7) is 0. The van der Waals surface area contributed by atoms with Crippen molar-refractivity contribution in [1.29, 1.82) is 0 Å². The SMILES string of the molecule is c1ccc(N(c2ccccc2)c2ccc(-c3c4ccccc4c(-c4ccc(N(c5ccccc5)c5ccccc5)cc4)c4cc(-c5ccc(-c6ccc(-c7cccc8ccccc78)s6)s5)ccc34)cc2)cc1. The van der Waals surface area contributed by atoms with Crippen molar-refractivity contribution in [1.82, 2.24) is 0 Å². The second-order valence-electron chi connectivity index (χ2n) is 18.0. The lowest BCUT2D eigenvalue weighted by molar-refractivity contribution is 1.28. The van der Waals surface area contributed by atoms with Crippen molar-refractivity contribution in [2.45, 2.75) is 0 Å². The van der Waals surface area contributed by atoms with Gasteiger partial charge in [0, 0.05) is 53.6 Å². The quantitative estimate of drug-likeness (QED) is 0.119. The first-order valence-electron chi connectivity index (χ1n) is 24.4. The summed E-state index contributed by atoms with van der Waals surface area (Å²) < 4.78 is 0. The number of nitrogens with zero attached hydrogens (tertiary/aromatic N) is 2. The van der Waals surface area contributed by atoms with Crippen LogP contribution in [0.15, 0.2) is 279 Å². The van der Waals surface area contributed by atoms with Crippen LogP contribution in [0.4, 0.5) is 34.1 Å². The first-order valence-corrected chi connectivity index (χ1v) is 26.0. The molecule has 340 valence electrons. The molecule has 0 amide bonds. The standard InChI is InChI=1S/C68H46N2S2/c1-5-20-51(21-6-1)69(52-22-7-2-8-23-52)55-37-32-48(33-38-55)67-59-29-15-16-30-60(59)68(49-34-39-56(40-35-49)70(53-24-9-3-10-25-53)54-26-11-4-12-27-54)62-46-50(36-41-61(62)67)63-42-44-65(71-63)66-45-43-64(72-66)58-31-17-19-47-18-13-14-28-57(47)58/h1-46H. The highest BCUT2D eigenvalue weighted by Crippen LogP contribution is 2.48. The van der Waals surface area contributed by atoms with Gasteiger partial charge in [0.1, 0.15) is 0 Å². The van der Waals surface area contributed by atoms with E-state index in [-0.39, 0.29) is 0 Å². The largest absolute Gasteiger partial charge is 0.311 e. The lowest BCUT2D eigenvalue weighted by Gasteiger charge is -2.26. The smallest absolute Gasteiger partial charge is 0.0462 e. The lowest BCUT2D eigenvalue weighted by Crippen LogP contribution is -2.09. The van der Waals surface area contributed by atoms with Crippen LogP contribution >= 0.6 is 22.7 Å². The van der Waals surface area contributed by atoms with Gasteiger partial charge in [0.05, 0.1) is 0 Å². The summed E-state index contributed by atoms with van der Waals surface area (Å²) in [4.78, 5) is 9.74. The first kappa shape index (κ1) is 43.2. The Hall–Kier alpha value is -8.80. The molecule has 4 heteroatoms. The minimum Gasteiger partial charge on any atom is -0.311 e. The number of benzene rings is 11. The Kier molecular flexibility index (Phi) is 11.3. The fourth-order valence-corrected chi connectivity index (χ4v) is 12.5. The van der Waals surface area contributed by atoms with E-state index in [1.807, 2.05) is 22.7 Å². The van der Waals surface area contributed by atoms with Crippen LogP contribution in [0.3, 0.4) is 0 Å². The lowest BCUT2D eigenvalue weighted by atomic mass is 9.85. The predicted octanol–water partition coefficient (Wildman–Crippen LogP) is 20.5. The van der Waals surface area contributed by atoms with Crippen LogP contribution in [0.5, 0.6) is 0 Å². The van der Waals surface area contributed by atoms with Crippen LogP contribution in [0.25, 0.3) is 85.2 Å². The minimum atomic E-state index is 1.10. The van der Waals surface area contributed by atoms with Crippen molar-refractivity contribution in [2.24, 2.45) is 0 Å². The maximum Gasteiger partial charge on any atom is 0.0462 e. The third-order valence-corrected chi connectivity index (χ3v) is 16.2. The summed E-state index contributed by atoms with van der Waals surface area (Å²) in [7, 11) is 0. The van der Waals surface area contributed by atoms with Gasteiger partial charge in [-0.3, -0.25) is 0 Å². The van der Waals surface area contributed by atoms with E-state index in [9.17, 15) is 0 Å². The van der Waals surface area contributed by atoms with E-state index in [0.29, 0.717) is 0 Å². The van der Waals surface area contributed by atoms with Gasteiger partial charge in [-0.15, -0.1) is 22.7 Å². The van der Waals surface area contributed by atoms with Crippen molar-refractivity contribution in [3.05, 3.63) is 279 Å². The highest BCUT2D eigenvalue weighted by Gasteiger charge is 2.21. The Labute approximate surface area is 428 Å². The summed E-state index contributed by atoms with van der Waals surface area (Å²) in [5.41, 5.74) is 14.0. The number of para-hydroxylation sites is 4. The molecule has 0 saturated heterocycles. The van der Waals surface area contributed by atoms with Crippen molar-refractivity contribution in [3.8, 4) is 52.9 Å². The van der Waals surface area contributed by atoms with E-state index in [0.717, 1.165) is 34.1 Å². The molecule has 0 aliphatic carbocycles. The Bertz CT molecular complexity index is 3930. The molecule has 0 atom stereocenters. The molecule has 0 N–H and O–H groups in total. The van der Waals surface area contributed by atoms with Crippen molar-refractivity contribution >= 4 is 89.1 Å². The normalized spacial score (nSPS) is 11.3. The van der Waals surface area contributed by atoms with Gasteiger partial charge in [0.25, 0.3) is 0 Å². The zero-order chi connectivity index (χ0) is 47.8. The second kappa shape index (κ2) is 18.8. The van der Waals surface area contributed by atoms with Gasteiger partial charge in [-0.05, 0) is 169 Å². The van der Waals surface area contributed by atoms with E-state index < -0.39 is 0 Å². The topological polar surface area (TPSA) is 6.48 Å². The van der Waals surface area contributed by atoms with Gasteiger partial charge in [0.2, 0.25) is 0 Å². The fourth-order valence-electron chi connectivity index (χ4n) is 10.4. The average Bonchev–Trinajstić information content (AvgIpc) is 4.16. The molecule has 0 aliphatic rings. The molecule has 0 radical (unpaired) electrons. The average molecular weight is 955 g/mol. The predicted molar refractivity (Wildman–Crippen MR) is 311 cm³/mol. The van der Waals surface area contributed by atoms with E-state index in [1.165, 1.54) is 85.2 Å². The maximum absolute atomic E-state index is 2.45.